The van der Waals surface area contributed by atoms with E-state index in [1.807, 2.05) is 0 Å². The first kappa shape index (κ1) is 21.9. The van der Waals surface area contributed by atoms with Crippen LogP contribution in [0.3, 0.4) is 0 Å². The Morgan fingerprint density at radius 1 is 1.00 bits per heavy atom. The minimum absolute atomic E-state index is 0.0759. The van der Waals surface area contributed by atoms with E-state index in [0.29, 0.717) is 5.02 Å². The maximum Gasteiger partial charge on any atom is 0.264 e. The number of carbonyl (C=O) groups is 1. The van der Waals surface area contributed by atoms with E-state index in [1.54, 1.807) is 24.3 Å². The molecule has 29 heavy (non-hydrogen) atoms. The second kappa shape index (κ2) is 9.83. The molecular weight excluding hydrogens is 431 g/mol. The van der Waals surface area contributed by atoms with Crippen molar-refractivity contribution in [2.75, 3.05) is 10.8 Å². The molecule has 3 rings (SSSR count). The van der Waals surface area contributed by atoms with E-state index in [2.05, 4.69) is 5.32 Å². The summed E-state index contributed by atoms with van der Waals surface area (Å²) < 4.78 is 27.7. The van der Waals surface area contributed by atoms with Gasteiger partial charge < -0.3 is 5.32 Å². The zero-order valence-corrected chi connectivity index (χ0v) is 18.3. The summed E-state index contributed by atoms with van der Waals surface area (Å²) in [5.74, 6) is -0.345. The molecule has 0 saturated heterocycles. The van der Waals surface area contributed by atoms with Crippen LogP contribution in [-0.4, -0.2) is 26.9 Å². The number of amides is 1. The van der Waals surface area contributed by atoms with Crippen LogP contribution < -0.4 is 9.62 Å². The van der Waals surface area contributed by atoms with Crippen molar-refractivity contribution in [1.82, 2.24) is 5.32 Å². The number of anilines is 1. The molecule has 0 heterocycles. The van der Waals surface area contributed by atoms with Crippen molar-refractivity contribution in [3.8, 4) is 0 Å². The Kier molecular flexibility index (Phi) is 7.44. The Hall–Kier alpha value is -1.76. The molecule has 0 spiro atoms. The molecule has 1 aliphatic carbocycles. The van der Waals surface area contributed by atoms with Gasteiger partial charge in [-0.25, -0.2) is 8.42 Å². The lowest BCUT2D eigenvalue weighted by atomic mass is 10.1. The first-order valence-corrected chi connectivity index (χ1v) is 11.9. The molecule has 0 bridgehead atoms. The van der Waals surface area contributed by atoms with Gasteiger partial charge in [-0.1, -0.05) is 67.1 Å². The molecule has 156 valence electrons. The van der Waals surface area contributed by atoms with Gasteiger partial charge in [-0.15, -0.1) is 0 Å². The molecule has 1 amide bonds. The minimum Gasteiger partial charge on any atom is -0.352 e. The first-order valence-electron chi connectivity index (χ1n) is 9.70. The lowest BCUT2D eigenvalue weighted by molar-refractivity contribution is -0.120. The smallest absolute Gasteiger partial charge is 0.264 e. The monoisotopic (exact) mass is 454 g/mol. The molecule has 0 radical (unpaired) electrons. The Morgan fingerprint density at radius 2 is 1.66 bits per heavy atom. The summed E-state index contributed by atoms with van der Waals surface area (Å²) in [6, 6.07) is 12.6. The number of hydrogen-bond acceptors (Lipinski definition) is 3. The number of nitrogens with one attached hydrogen (secondary N) is 1. The quantitative estimate of drug-likeness (QED) is 0.622. The Balaban J connectivity index is 1.89. The zero-order chi connectivity index (χ0) is 20.9. The number of sulfonamides is 1. The molecule has 2 aromatic carbocycles. The summed E-state index contributed by atoms with van der Waals surface area (Å²) in [6.45, 7) is -0.352. The van der Waals surface area contributed by atoms with Gasteiger partial charge in [0.1, 0.15) is 6.54 Å². The Morgan fingerprint density at radius 3 is 2.28 bits per heavy atom. The molecule has 1 saturated carbocycles. The molecule has 0 aromatic heterocycles. The summed E-state index contributed by atoms with van der Waals surface area (Å²) in [4.78, 5) is 12.9. The van der Waals surface area contributed by atoms with Crippen molar-refractivity contribution in [3.05, 3.63) is 58.6 Å². The van der Waals surface area contributed by atoms with Crippen molar-refractivity contribution in [3.63, 3.8) is 0 Å². The third-order valence-corrected chi connectivity index (χ3v) is 7.33. The molecule has 0 aliphatic heterocycles. The minimum atomic E-state index is -3.99. The highest BCUT2D eigenvalue weighted by Crippen LogP contribution is 2.32. The second-order valence-corrected chi connectivity index (χ2v) is 9.88. The van der Waals surface area contributed by atoms with Crippen LogP contribution in [0.15, 0.2) is 53.4 Å². The number of carbonyl (C=O) groups excluding carboxylic acids is 1. The van der Waals surface area contributed by atoms with Crippen LogP contribution in [0.2, 0.25) is 10.0 Å². The fourth-order valence-corrected chi connectivity index (χ4v) is 5.55. The lowest BCUT2D eigenvalue weighted by Gasteiger charge is -2.26. The van der Waals surface area contributed by atoms with Crippen molar-refractivity contribution in [2.24, 2.45) is 0 Å². The van der Waals surface area contributed by atoms with E-state index < -0.39 is 10.0 Å². The highest BCUT2D eigenvalue weighted by molar-refractivity contribution is 7.92. The van der Waals surface area contributed by atoms with Gasteiger partial charge in [0.05, 0.1) is 15.6 Å². The molecule has 8 heteroatoms. The van der Waals surface area contributed by atoms with Gasteiger partial charge in [-0.3, -0.25) is 9.10 Å². The van der Waals surface area contributed by atoms with Crippen LogP contribution in [0, 0.1) is 0 Å². The molecule has 1 aliphatic rings. The number of nitrogens with zero attached hydrogens (tertiary/aromatic N) is 1. The fourth-order valence-electron chi connectivity index (χ4n) is 3.53. The summed E-state index contributed by atoms with van der Waals surface area (Å²) in [7, 11) is -3.99. The van der Waals surface area contributed by atoms with Crippen LogP contribution in [0.4, 0.5) is 5.69 Å². The van der Waals surface area contributed by atoms with Crippen LogP contribution in [-0.2, 0) is 14.8 Å². The summed E-state index contributed by atoms with van der Waals surface area (Å²) in [5.41, 5.74) is 0.218. The van der Waals surface area contributed by atoms with E-state index in [9.17, 15) is 13.2 Å². The highest BCUT2D eigenvalue weighted by Gasteiger charge is 2.29. The largest absolute Gasteiger partial charge is 0.352 e. The van der Waals surface area contributed by atoms with E-state index in [1.165, 1.54) is 37.1 Å². The SMILES string of the molecule is O=C(CN(c1ccc(Cl)cc1Cl)S(=O)(=O)c1ccccc1)NC1CCCCCC1. The summed E-state index contributed by atoms with van der Waals surface area (Å²) in [6.07, 6.45) is 6.31. The molecule has 1 N–H and O–H groups in total. The molecule has 0 atom stereocenters. The van der Waals surface area contributed by atoms with E-state index in [0.717, 1.165) is 30.0 Å². The number of rotatable bonds is 6. The van der Waals surface area contributed by atoms with Crippen molar-refractivity contribution < 1.29 is 13.2 Å². The average Bonchev–Trinajstić information content (AvgIpc) is 2.96. The maximum atomic E-state index is 13.3. The predicted octanol–water partition coefficient (Wildman–Crippen LogP) is 5.03. The van der Waals surface area contributed by atoms with Gasteiger partial charge in [0, 0.05) is 11.1 Å². The van der Waals surface area contributed by atoms with Crippen molar-refractivity contribution in [1.29, 1.82) is 0 Å². The molecule has 0 unspecified atom stereocenters. The van der Waals surface area contributed by atoms with Gasteiger partial charge in [-0.2, -0.15) is 0 Å². The Bertz CT molecular complexity index is 944. The standard InChI is InChI=1S/C21H24Cl2N2O3S/c22-16-12-13-20(19(23)14-16)25(29(27,28)18-10-6-3-7-11-18)15-21(26)24-17-8-4-1-2-5-9-17/h3,6-7,10-14,17H,1-2,4-5,8-9,15H2,(H,24,26). The van der Waals surface area contributed by atoms with Gasteiger partial charge in [0.15, 0.2) is 0 Å². The van der Waals surface area contributed by atoms with Crippen molar-refractivity contribution in [2.45, 2.75) is 49.5 Å². The number of hydrogen-bond donors (Lipinski definition) is 1. The lowest BCUT2D eigenvalue weighted by Crippen LogP contribution is -2.44. The topological polar surface area (TPSA) is 66.5 Å². The van der Waals surface area contributed by atoms with Gasteiger partial charge in [0.25, 0.3) is 10.0 Å². The molecule has 5 nitrogen and oxygen atoms in total. The van der Waals surface area contributed by atoms with Crippen LogP contribution in [0.25, 0.3) is 0 Å². The van der Waals surface area contributed by atoms with Gasteiger partial charge in [-0.05, 0) is 43.2 Å². The normalized spacial score (nSPS) is 15.5. The summed E-state index contributed by atoms with van der Waals surface area (Å²) in [5, 5.41) is 3.55. The third kappa shape index (κ3) is 5.65. The van der Waals surface area contributed by atoms with Crippen molar-refractivity contribution >= 4 is 44.8 Å². The fraction of sp³-hybridized carbons (Fsp3) is 0.381. The average molecular weight is 455 g/mol. The van der Waals surface area contributed by atoms with E-state index in [4.69, 9.17) is 23.2 Å². The first-order chi connectivity index (χ1) is 13.9. The number of halogens is 2. The van der Waals surface area contributed by atoms with Gasteiger partial charge in [0.2, 0.25) is 5.91 Å². The van der Waals surface area contributed by atoms with E-state index in [-0.39, 0.29) is 34.1 Å². The highest BCUT2D eigenvalue weighted by atomic mass is 35.5. The van der Waals surface area contributed by atoms with Crippen LogP contribution >= 0.6 is 23.2 Å². The summed E-state index contributed by atoms with van der Waals surface area (Å²) >= 11 is 12.3. The van der Waals surface area contributed by atoms with Gasteiger partial charge >= 0.3 is 0 Å². The molecular formula is C21H24Cl2N2O3S. The maximum absolute atomic E-state index is 13.3. The van der Waals surface area contributed by atoms with Crippen LogP contribution in [0.5, 0.6) is 0 Å². The second-order valence-electron chi connectivity index (χ2n) is 7.18. The molecule has 2 aromatic rings. The van der Waals surface area contributed by atoms with E-state index >= 15 is 0 Å². The number of benzene rings is 2. The molecule has 1 fully saturated rings. The Labute approximate surface area is 182 Å². The predicted molar refractivity (Wildman–Crippen MR) is 117 cm³/mol. The zero-order valence-electron chi connectivity index (χ0n) is 16.0. The third-order valence-electron chi connectivity index (χ3n) is 5.02. The van der Waals surface area contributed by atoms with Crippen LogP contribution in [0.1, 0.15) is 38.5 Å².